The molecule has 0 aliphatic rings. The molecule has 0 aliphatic carbocycles. The fraction of sp³-hybridized carbons (Fsp3) is 0.0714. The Bertz CT molecular complexity index is 581. The second-order valence-corrected chi connectivity index (χ2v) is 5.10. The minimum atomic E-state index is -0.0940. The van der Waals surface area contributed by atoms with Crippen molar-refractivity contribution in [1.29, 1.82) is 0 Å². The fourth-order valence-corrected chi connectivity index (χ4v) is 2.45. The van der Waals surface area contributed by atoms with E-state index in [2.05, 4.69) is 21.2 Å². The zero-order valence-corrected chi connectivity index (χ0v) is 12.0. The molecule has 1 N–H and O–H groups in total. The van der Waals surface area contributed by atoms with E-state index >= 15 is 0 Å². The van der Waals surface area contributed by atoms with Crippen molar-refractivity contribution in [1.82, 2.24) is 5.32 Å². The van der Waals surface area contributed by atoms with E-state index in [1.165, 1.54) is 0 Å². The maximum atomic E-state index is 11.4. The Labute approximate surface area is 119 Å². The number of carbonyl (C=O) groups is 1. The zero-order valence-electron chi connectivity index (χ0n) is 9.71. The van der Waals surface area contributed by atoms with Gasteiger partial charge in [-0.25, -0.2) is 0 Å². The smallest absolute Gasteiger partial charge is 0.251 e. The second kappa shape index (κ2) is 5.55. The first kappa shape index (κ1) is 13.1. The van der Waals surface area contributed by atoms with Crippen LogP contribution in [0.5, 0.6) is 0 Å². The molecular weight excluding hydrogens is 314 g/mol. The summed E-state index contributed by atoms with van der Waals surface area (Å²) in [7, 11) is 1.61. The Balaban J connectivity index is 2.37. The molecule has 0 heterocycles. The highest BCUT2D eigenvalue weighted by Gasteiger charge is 2.06. The van der Waals surface area contributed by atoms with Crippen molar-refractivity contribution in [3.63, 3.8) is 0 Å². The highest BCUT2D eigenvalue weighted by Crippen LogP contribution is 2.30. The highest BCUT2D eigenvalue weighted by molar-refractivity contribution is 9.10. The Morgan fingerprint density at radius 3 is 2.39 bits per heavy atom. The molecule has 4 heteroatoms. The lowest BCUT2D eigenvalue weighted by Crippen LogP contribution is -2.17. The van der Waals surface area contributed by atoms with Crippen LogP contribution in [0, 0.1) is 0 Å². The molecule has 0 radical (unpaired) electrons. The summed E-state index contributed by atoms with van der Waals surface area (Å²) in [6.45, 7) is 0. The van der Waals surface area contributed by atoms with Crippen molar-refractivity contribution >= 4 is 33.4 Å². The average molecular weight is 325 g/mol. The van der Waals surface area contributed by atoms with E-state index in [1.54, 1.807) is 19.2 Å². The molecule has 1 amide bonds. The molecule has 92 valence electrons. The molecule has 0 unspecified atom stereocenters. The molecule has 0 bridgehead atoms. The summed E-state index contributed by atoms with van der Waals surface area (Å²) in [5, 5.41) is 3.27. The average Bonchev–Trinajstić information content (AvgIpc) is 2.38. The topological polar surface area (TPSA) is 29.1 Å². The van der Waals surface area contributed by atoms with E-state index in [0.29, 0.717) is 10.6 Å². The Kier molecular flexibility index (Phi) is 4.04. The van der Waals surface area contributed by atoms with Crippen molar-refractivity contribution < 1.29 is 4.79 Å². The molecule has 0 atom stereocenters. The Hall–Kier alpha value is -1.32. The van der Waals surface area contributed by atoms with Gasteiger partial charge in [0.2, 0.25) is 0 Å². The summed E-state index contributed by atoms with van der Waals surface area (Å²) < 4.78 is 0.943. The molecule has 0 spiro atoms. The van der Waals surface area contributed by atoms with Gasteiger partial charge in [0.25, 0.3) is 5.91 Å². The molecule has 0 fully saturated rings. The third-order valence-electron chi connectivity index (χ3n) is 2.62. The molecule has 18 heavy (non-hydrogen) atoms. The van der Waals surface area contributed by atoms with Crippen molar-refractivity contribution in [2.45, 2.75) is 0 Å². The van der Waals surface area contributed by atoms with Gasteiger partial charge in [-0.3, -0.25) is 4.79 Å². The predicted molar refractivity (Wildman–Crippen MR) is 78.0 cm³/mol. The maximum absolute atomic E-state index is 11.4. The number of rotatable bonds is 2. The summed E-state index contributed by atoms with van der Waals surface area (Å²) >= 11 is 9.56. The van der Waals surface area contributed by atoms with E-state index in [-0.39, 0.29) is 5.91 Å². The highest BCUT2D eigenvalue weighted by atomic mass is 79.9. The number of hydrogen-bond donors (Lipinski definition) is 1. The number of nitrogens with one attached hydrogen (secondary N) is 1. The normalized spacial score (nSPS) is 10.2. The van der Waals surface area contributed by atoms with Crippen LogP contribution in [0.2, 0.25) is 5.02 Å². The summed E-state index contributed by atoms with van der Waals surface area (Å²) in [5.41, 5.74) is 2.57. The van der Waals surface area contributed by atoms with E-state index in [1.807, 2.05) is 30.3 Å². The van der Waals surface area contributed by atoms with E-state index in [0.717, 1.165) is 15.6 Å². The Morgan fingerprint density at radius 1 is 1.17 bits per heavy atom. The second-order valence-electron chi connectivity index (χ2n) is 3.78. The van der Waals surface area contributed by atoms with E-state index in [9.17, 15) is 4.79 Å². The predicted octanol–water partition coefficient (Wildman–Crippen LogP) is 4.13. The first-order valence-corrected chi connectivity index (χ1v) is 6.56. The van der Waals surface area contributed by atoms with Gasteiger partial charge in [-0.15, -0.1) is 0 Å². The van der Waals surface area contributed by atoms with Gasteiger partial charge in [0.05, 0.1) is 0 Å². The van der Waals surface area contributed by atoms with Crippen LogP contribution in [0.4, 0.5) is 0 Å². The summed E-state index contributed by atoms with van der Waals surface area (Å²) in [5.74, 6) is -0.0940. The largest absolute Gasteiger partial charge is 0.355 e. The van der Waals surface area contributed by atoms with Crippen LogP contribution >= 0.6 is 27.5 Å². The van der Waals surface area contributed by atoms with Crippen molar-refractivity contribution in [2.75, 3.05) is 7.05 Å². The molecule has 2 aromatic rings. The molecule has 0 saturated carbocycles. The van der Waals surface area contributed by atoms with Crippen molar-refractivity contribution in [3.05, 3.63) is 57.5 Å². The number of benzene rings is 2. The summed E-state index contributed by atoms with van der Waals surface area (Å²) in [4.78, 5) is 11.4. The minimum Gasteiger partial charge on any atom is -0.355 e. The summed E-state index contributed by atoms with van der Waals surface area (Å²) in [6, 6.07) is 13.1. The van der Waals surface area contributed by atoms with Gasteiger partial charge in [0.15, 0.2) is 0 Å². The van der Waals surface area contributed by atoms with Gasteiger partial charge < -0.3 is 5.32 Å². The Morgan fingerprint density at radius 2 is 1.83 bits per heavy atom. The molecular formula is C14H11BrClNO. The third-order valence-corrected chi connectivity index (χ3v) is 3.42. The SMILES string of the molecule is CNC(=O)c1ccc(-c2ccc(Br)cc2Cl)cc1. The van der Waals surface area contributed by atoms with Gasteiger partial charge in [-0.1, -0.05) is 45.7 Å². The molecule has 0 aromatic heterocycles. The van der Waals surface area contributed by atoms with Crippen LogP contribution in [0.1, 0.15) is 10.4 Å². The van der Waals surface area contributed by atoms with Crippen LogP contribution in [0.25, 0.3) is 11.1 Å². The van der Waals surface area contributed by atoms with Crippen molar-refractivity contribution in [3.8, 4) is 11.1 Å². The van der Waals surface area contributed by atoms with Gasteiger partial charge in [0, 0.05) is 27.7 Å². The van der Waals surface area contributed by atoms with Crippen LogP contribution < -0.4 is 5.32 Å². The van der Waals surface area contributed by atoms with Crippen LogP contribution in [-0.4, -0.2) is 13.0 Å². The minimum absolute atomic E-state index is 0.0940. The number of hydrogen-bond acceptors (Lipinski definition) is 1. The van der Waals surface area contributed by atoms with Crippen LogP contribution in [0.15, 0.2) is 46.9 Å². The van der Waals surface area contributed by atoms with Crippen molar-refractivity contribution in [2.24, 2.45) is 0 Å². The van der Waals surface area contributed by atoms with E-state index in [4.69, 9.17) is 11.6 Å². The number of carbonyl (C=O) groups excluding carboxylic acids is 1. The lowest BCUT2D eigenvalue weighted by molar-refractivity contribution is 0.0963. The summed E-state index contributed by atoms with van der Waals surface area (Å²) in [6.07, 6.45) is 0. The third kappa shape index (κ3) is 2.74. The molecule has 0 saturated heterocycles. The number of amides is 1. The molecule has 2 nitrogen and oxygen atoms in total. The standard InChI is InChI=1S/C14H11BrClNO/c1-17-14(18)10-4-2-9(3-5-10)12-7-6-11(15)8-13(12)16/h2-8H,1H3,(H,17,18). The molecule has 2 rings (SSSR count). The van der Waals surface area contributed by atoms with Gasteiger partial charge in [-0.2, -0.15) is 0 Å². The zero-order chi connectivity index (χ0) is 13.1. The van der Waals surface area contributed by atoms with Crippen LogP contribution in [-0.2, 0) is 0 Å². The first-order chi connectivity index (χ1) is 8.61. The lowest BCUT2D eigenvalue weighted by Gasteiger charge is -2.06. The maximum Gasteiger partial charge on any atom is 0.251 e. The van der Waals surface area contributed by atoms with Gasteiger partial charge >= 0.3 is 0 Å². The van der Waals surface area contributed by atoms with Gasteiger partial charge in [0.1, 0.15) is 0 Å². The molecule has 2 aromatic carbocycles. The fourth-order valence-electron chi connectivity index (χ4n) is 1.67. The number of halogens is 2. The van der Waals surface area contributed by atoms with Crippen LogP contribution in [0.3, 0.4) is 0 Å². The molecule has 0 aliphatic heterocycles. The first-order valence-electron chi connectivity index (χ1n) is 5.39. The quantitative estimate of drug-likeness (QED) is 0.884. The lowest BCUT2D eigenvalue weighted by atomic mass is 10.0. The van der Waals surface area contributed by atoms with Gasteiger partial charge in [-0.05, 0) is 29.8 Å². The monoisotopic (exact) mass is 323 g/mol. The van der Waals surface area contributed by atoms with E-state index < -0.39 is 0 Å².